The second-order valence-corrected chi connectivity index (χ2v) is 8.84. The van der Waals surface area contributed by atoms with Gasteiger partial charge in [0.2, 0.25) is 0 Å². The summed E-state index contributed by atoms with van der Waals surface area (Å²) < 4.78 is 40.9. The van der Waals surface area contributed by atoms with Crippen molar-refractivity contribution < 1.29 is 26.9 Å². The number of hydrogen-bond acceptors (Lipinski definition) is 6. The van der Waals surface area contributed by atoms with Crippen LogP contribution in [0.1, 0.15) is 38.2 Å². The molecule has 138 valence electrons. The molecule has 1 aromatic carbocycles. The molecule has 2 bridgehead atoms. The predicted octanol–water partition coefficient (Wildman–Crippen LogP) is 2.43. The smallest absolute Gasteiger partial charge is 0.302 e. The largest absolute Gasteiger partial charge is 0.465 e. The fourth-order valence-corrected chi connectivity index (χ4v) is 4.55. The molecule has 3 aliphatic rings. The standard InChI is InChI=1S/C18H24O6S/c1-15(19)22-12-17-7-9-18(10-8-17,23-13-17)14-24-25(20,21)11-16-5-3-2-4-6-16/h2-6H,7-14H2,1H3. The highest BCUT2D eigenvalue weighted by Crippen LogP contribution is 2.49. The van der Waals surface area contributed by atoms with Crippen LogP contribution >= 0.6 is 0 Å². The molecule has 25 heavy (non-hydrogen) atoms. The topological polar surface area (TPSA) is 78.9 Å². The van der Waals surface area contributed by atoms with Gasteiger partial charge in [0, 0.05) is 12.3 Å². The molecule has 0 unspecified atom stereocenters. The van der Waals surface area contributed by atoms with Crippen molar-refractivity contribution in [3.63, 3.8) is 0 Å². The van der Waals surface area contributed by atoms with Crippen molar-refractivity contribution in [3.05, 3.63) is 35.9 Å². The zero-order valence-corrected chi connectivity index (χ0v) is 15.2. The van der Waals surface area contributed by atoms with Gasteiger partial charge in [-0.25, -0.2) is 0 Å². The Hall–Kier alpha value is -1.44. The van der Waals surface area contributed by atoms with Gasteiger partial charge in [-0.3, -0.25) is 8.98 Å². The first-order valence-electron chi connectivity index (χ1n) is 8.51. The number of ether oxygens (including phenoxy) is 2. The van der Waals surface area contributed by atoms with Crippen LogP contribution < -0.4 is 0 Å². The highest BCUT2D eigenvalue weighted by atomic mass is 32.2. The first-order valence-corrected chi connectivity index (χ1v) is 10.1. The van der Waals surface area contributed by atoms with E-state index in [1.165, 1.54) is 6.92 Å². The van der Waals surface area contributed by atoms with Crippen LogP contribution in [0.3, 0.4) is 0 Å². The number of hydrogen-bond donors (Lipinski definition) is 0. The van der Waals surface area contributed by atoms with E-state index in [4.69, 9.17) is 13.7 Å². The number of carbonyl (C=O) groups is 1. The lowest BCUT2D eigenvalue weighted by Gasteiger charge is -2.52. The lowest BCUT2D eigenvalue weighted by Crippen LogP contribution is -2.55. The molecule has 0 N–H and O–H groups in total. The summed E-state index contributed by atoms with van der Waals surface area (Å²) in [4.78, 5) is 11.0. The Balaban J connectivity index is 1.54. The Morgan fingerprint density at radius 2 is 1.80 bits per heavy atom. The van der Waals surface area contributed by atoms with Crippen molar-refractivity contribution in [2.45, 2.75) is 44.0 Å². The van der Waals surface area contributed by atoms with Crippen LogP contribution in [-0.2, 0) is 34.3 Å². The van der Waals surface area contributed by atoms with Gasteiger partial charge in [0.05, 0.1) is 25.4 Å². The fourth-order valence-electron chi connectivity index (χ4n) is 3.47. The summed E-state index contributed by atoms with van der Waals surface area (Å²) in [6.45, 7) is 2.29. The Morgan fingerprint density at radius 1 is 1.12 bits per heavy atom. The summed E-state index contributed by atoms with van der Waals surface area (Å²) in [5.41, 5.74) is 0.0338. The molecule has 0 atom stereocenters. The number of fused-ring (bicyclic) bond motifs is 3. The molecule has 1 aromatic rings. The summed E-state index contributed by atoms with van der Waals surface area (Å²) in [6.07, 6.45) is 3.13. The normalized spacial score (nSPS) is 28.7. The monoisotopic (exact) mass is 368 g/mol. The molecule has 1 aliphatic carbocycles. The molecule has 0 radical (unpaired) electrons. The van der Waals surface area contributed by atoms with Crippen molar-refractivity contribution in [3.8, 4) is 0 Å². The second-order valence-electron chi connectivity index (χ2n) is 7.20. The maximum absolute atomic E-state index is 12.2. The molecule has 2 aliphatic heterocycles. The SMILES string of the molecule is CC(=O)OCC12CCC(COS(=O)(=O)Cc3ccccc3)(CC1)OC2. The number of esters is 1. The van der Waals surface area contributed by atoms with Gasteiger partial charge in [0.15, 0.2) is 0 Å². The minimum atomic E-state index is -3.65. The van der Waals surface area contributed by atoms with Crippen molar-refractivity contribution in [1.29, 1.82) is 0 Å². The highest BCUT2D eigenvalue weighted by Gasteiger charge is 2.51. The van der Waals surface area contributed by atoms with Crippen molar-refractivity contribution in [2.24, 2.45) is 5.41 Å². The van der Waals surface area contributed by atoms with Crippen LogP contribution in [-0.4, -0.2) is 39.8 Å². The minimum absolute atomic E-state index is 0.0474. The maximum atomic E-state index is 12.2. The van der Waals surface area contributed by atoms with Crippen molar-refractivity contribution in [2.75, 3.05) is 19.8 Å². The van der Waals surface area contributed by atoms with Gasteiger partial charge >= 0.3 is 5.97 Å². The second kappa shape index (κ2) is 7.05. The zero-order valence-electron chi connectivity index (χ0n) is 14.4. The summed E-state index contributed by atoms with van der Waals surface area (Å²) in [5, 5.41) is 0. The van der Waals surface area contributed by atoms with Crippen LogP contribution in [0, 0.1) is 5.41 Å². The molecular weight excluding hydrogens is 344 g/mol. The number of rotatable bonds is 7. The van der Waals surface area contributed by atoms with Crippen LogP contribution in [0.25, 0.3) is 0 Å². The summed E-state index contributed by atoms with van der Waals surface area (Å²) >= 11 is 0. The number of carbonyl (C=O) groups excluding carboxylic acids is 1. The molecule has 4 rings (SSSR count). The van der Waals surface area contributed by atoms with E-state index in [9.17, 15) is 13.2 Å². The maximum Gasteiger partial charge on any atom is 0.302 e. The third kappa shape index (κ3) is 4.59. The third-order valence-corrected chi connectivity index (χ3v) is 6.34. The van der Waals surface area contributed by atoms with E-state index in [0.29, 0.717) is 18.8 Å². The van der Waals surface area contributed by atoms with E-state index in [0.717, 1.165) is 25.7 Å². The Labute approximate surface area is 148 Å². The molecular formula is C18H24O6S. The van der Waals surface area contributed by atoms with Gasteiger partial charge in [-0.2, -0.15) is 8.42 Å². The summed E-state index contributed by atoms with van der Waals surface area (Å²) in [7, 11) is -3.65. The van der Waals surface area contributed by atoms with Gasteiger partial charge in [-0.05, 0) is 31.2 Å². The van der Waals surface area contributed by atoms with Crippen LogP contribution in [0.4, 0.5) is 0 Å². The van der Waals surface area contributed by atoms with E-state index in [2.05, 4.69) is 0 Å². The molecule has 0 spiro atoms. The molecule has 2 heterocycles. The van der Waals surface area contributed by atoms with Gasteiger partial charge in [-0.1, -0.05) is 30.3 Å². The quantitative estimate of drug-likeness (QED) is 0.543. The first-order chi connectivity index (χ1) is 11.8. The van der Waals surface area contributed by atoms with Gasteiger partial charge in [-0.15, -0.1) is 0 Å². The molecule has 0 amide bonds. The molecule has 0 aromatic heterocycles. The van der Waals surface area contributed by atoms with Crippen molar-refractivity contribution in [1.82, 2.24) is 0 Å². The van der Waals surface area contributed by atoms with Crippen LogP contribution in [0.2, 0.25) is 0 Å². The Morgan fingerprint density at radius 3 is 2.36 bits per heavy atom. The van der Waals surface area contributed by atoms with Crippen molar-refractivity contribution >= 4 is 16.1 Å². The highest BCUT2D eigenvalue weighted by molar-refractivity contribution is 7.85. The van der Waals surface area contributed by atoms with E-state index in [1.54, 1.807) is 24.3 Å². The fraction of sp³-hybridized carbons (Fsp3) is 0.611. The molecule has 7 heteroatoms. The summed E-state index contributed by atoms with van der Waals surface area (Å²) in [6, 6.07) is 8.98. The van der Waals surface area contributed by atoms with Gasteiger partial charge in [0.1, 0.15) is 5.75 Å². The van der Waals surface area contributed by atoms with E-state index >= 15 is 0 Å². The molecule has 6 nitrogen and oxygen atoms in total. The Bertz CT molecular complexity index is 688. The number of benzene rings is 1. The van der Waals surface area contributed by atoms with E-state index < -0.39 is 15.7 Å². The van der Waals surface area contributed by atoms with E-state index in [1.807, 2.05) is 6.07 Å². The lowest BCUT2D eigenvalue weighted by molar-refractivity contribution is -0.209. The summed E-state index contributed by atoms with van der Waals surface area (Å²) in [5.74, 6) is -0.424. The predicted molar refractivity (Wildman–Crippen MR) is 91.2 cm³/mol. The average Bonchev–Trinajstić information content (AvgIpc) is 2.61. The molecule has 1 saturated carbocycles. The Kier molecular flexibility index (Phi) is 5.18. The van der Waals surface area contributed by atoms with Gasteiger partial charge < -0.3 is 9.47 Å². The first kappa shape index (κ1) is 18.4. The van der Waals surface area contributed by atoms with Crippen LogP contribution in [0.5, 0.6) is 0 Å². The average molecular weight is 368 g/mol. The molecule has 3 fully saturated rings. The van der Waals surface area contributed by atoms with Gasteiger partial charge in [0.25, 0.3) is 10.1 Å². The third-order valence-electron chi connectivity index (χ3n) is 5.18. The molecule has 2 saturated heterocycles. The minimum Gasteiger partial charge on any atom is -0.465 e. The van der Waals surface area contributed by atoms with E-state index in [-0.39, 0.29) is 23.7 Å². The van der Waals surface area contributed by atoms with Crippen LogP contribution in [0.15, 0.2) is 30.3 Å². The lowest BCUT2D eigenvalue weighted by atomic mass is 9.66. The zero-order chi connectivity index (χ0) is 18.0.